The third kappa shape index (κ3) is 2.87. The van der Waals surface area contributed by atoms with Gasteiger partial charge in [0.15, 0.2) is 0 Å². The summed E-state index contributed by atoms with van der Waals surface area (Å²) in [5, 5.41) is 3.96. The zero-order chi connectivity index (χ0) is 14.8. The molecule has 0 aliphatic heterocycles. The van der Waals surface area contributed by atoms with E-state index in [1.807, 2.05) is 49.4 Å². The number of hydrogen-bond donors (Lipinski definition) is 2. The van der Waals surface area contributed by atoms with Crippen LogP contribution in [0.1, 0.15) is 28.3 Å². The second-order valence-electron chi connectivity index (χ2n) is 4.86. The molecule has 3 aromatic rings. The van der Waals surface area contributed by atoms with Crippen molar-refractivity contribution >= 4 is 33.0 Å². The van der Waals surface area contributed by atoms with E-state index in [0.29, 0.717) is 10.6 Å². The predicted octanol–water partition coefficient (Wildman–Crippen LogP) is 3.37. The molecular weight excluding hydrogens is 282 g/mol. The lowest BCUT2D eigenvalue weighted by Crippen LogP contribution is -2.26. The number of nitrogens with one attached hydrogen (secondary N) is 1. The van der Waals surface area contributed by atoms with Gasteiger partial charge in [0.2, 0.25) is 0 Å². The highest BCUT2D eigenvalue weighted by Gasteiger charge is 2.14. The number of carbonyl (C=O) groups excluding carboxylic acids is 1. The lowest BCUT2D eigenvalue weighted by molar-refractivity contribution is 0.0943. The minimum Gasteiger partial charge on any atom is -0.399 e. The Morgan fingerprint density at radius 3 is 2.90 bits per heavy atom. The Bertz CT molecular complexity index is 783. The Balaban J connectivity index is 1.80. The number of anilines is 1. The molecule has 3 rings (SSSR count). The Morgan fingerprint density at radius 1 is 1.29 bits per heavy atom. The number of aromatic nitrogens is 1. The number of pyridine rings is 1. The topological polar surface area (TPSA) is 68.0 Å². The molecule has 0 bridgehead atoms. The van der Waals surface area contributed by atoms with Crippen LogP contribution in [0.25, 0.3) is 10.1 Å². The van der Waals surface area contributed by atoms with Gasteiger partial charge in [0.05, 0.1) is 16.6 Å². The van der Waals surface area contributed by atoms with Crippen molar-refractivity contribution in [3.8, 4) is 0 Å². The number of nitrogen functional groups attached to an aromatic ring is 1. The molecule has 0 saturated heterocycles. The molecule has 4 nitrogen and oxygen atoms in total. The van der Waals surface area contributed by atoms with Gasteiger partial charge < -0.3 is 11.1 Å². The fraction of sp³-hybridized carbons (Fsp3) is 0.125. The summed E-state index contributed by atoms with van der Waals surface area (Å²) < 4.78 is 1.06. The van der Waals surface area contributed by atoms with Crippen molar-refractivity contribution in [2.75, 3.05) is 5.73 Å². The minimum atomic E-state index is -0.131. The first-order chi connectivity index (χ1) is 10.1. The number of benzene rings is 1. The van der Waals surface area contributed by atoms with E-state index in [0.717, 1.165) is 15.8 Å². The first-order valence-corrected chi connectivity index (χ1v) is 7.46. The Hall–Kier alpha value is -2.40. The van der Waals surface area contributed by atoms with Crippen molar-refractivity contribution in [2.24, 2.45) is 0 Å². The maximum Gasteiger partial charge on any atom is 0.261 e. The third-order valence-corrected chi connectivity index (χ3v) is 4.36. The Labute approximate surface area is 126 Å². The van der Waals surface area contributed by atoms with E-state index in [-0.39, 0.29) is 11.9 Å². The van der Waals surface area contributed by atoms with Crippen molar-refractivity contribution < 1.29 is 4.79 Å². The molecule has 0 spiro atoms. The molecule has 0 fully saturated rings. The number of hydrogen-bond acceptors (Lipinski definition) is 4. The van der Waals surface area contributed by atoms with Gasteiger partial charge in [0.1, 0.15) is 0 Å². The highest BCUT2D eigenvalue weighted by atomic mass is 32.1. The number of nitrogens with two attached hydrogens (primary N) is 1. The quantitative estimate of drug-likeness (QED) is 0.728. The number of carbonyl (C=O) groups is 1. The van der Waals surface area contributed by atoms with Gasteiger partial charge >= 0.3 is 0 Å². The molecule has 1 atom stereocenters. The molecule has 21 heavy (non-hydrogen) atoms. The van der Waals surface area contributed by atoms with Crippen LogP contribution in [0.3, 0.4) is 0 Å². The summed E-state index contributed by atoms with van der Waals surface area (Å²) >= 11 is 1.46. The smallest absolute Gasteiger partial charge is 0.261 e. The van der Waals surface area contributed by atoms with E-state index < -0.39 is 0 Å². The highest BCUT2D eigenvalue weighted by Crippen LogP contribution is 2.27. The summed E-state index contributed by atoms with van der Waals surface area (Å²) in [5.41, 5.74) is 7.31. The van der Waals surface area contributed by atoms with Gasteiger partial charge in [-0.05, 0) is 48.7 Å². The molecule has 0 aliphatic rings. The van der Waals surface area contributed by atoms with Gasteiger partial charge in [-0.2, -0.15) is 0 Å². The number of amides is 1. The average Bonchev–Trinajstić information content (AvgIpc) is 2.91. The largest absolute Gasteiger partial charge is 0.399 e. The molecular formula is C16H15N3OS. The number of thiophene rings is 1. The van der Waals surface area contributed by atoms with Crippen LogP contribution in [0.5, 0.6) is 0 Å². The molecule has 3 N–H and O–H groups in total. The summed E-state index contributed by atoms with van der Waals surface area (Å²) in [6, 6.07) is 13.1. The first-order valence-electron chi connectivity index (χ1n) is 6.64. The van der Waals surface area contributed by atoms with E-state index in [4.69, 9.17) is 5.73 Å². The summed E-state index contributed by atoms with van der Waals surface area (Å²) in [7, 11) is 0. The molecule has 0 saturated carbocycles. The molecule has 1 amide bonds. The second kappa shape index (κ2) is 5.54. The van der Waals surface area contributed by atoms with Crippen LogP contribution < -0.4 is 11.1 Å². The molecule has 1 unspecified atom stereocenters. The molecule has 0 radical (unpaired) electrons. The lowest BCUT2D eigenvalue weighted by Gasteiger charge is -2.12. The first kappa shape index (κ1) is 13.6. The van der Waals surface area contributed by atoms with Crippen molar-refractivity contribution in [1.29, 1.82) is 0 Å². The molecule has 5 heteroatoms. The van der Waals surface area contributed by atoms with Crippen LogP contribution in [0.2, 0.25) is 0 Å². The summed E-state index contributed by atoms with van der Waals surface area (Å²) in [5.74, 6) is -0.0899. The van der Waals surface area contributed by atoms with E-state index in [1.54, 1.807) is 6.20 Å². The highest BCUT2D eigenvalue weighted by molar-refractivity contribution is 7.20. The average molecular weight is 297 g/mol. The van der Waals surface area contributed by atoms with E-state index in [1.165, 1.54) is 11.3 Å². The Kier molecular flexibility index (Phi) is 3.58. The van der Waals surface area contributed by atoms with Gasteiger partial charge in [0, 0.05) is 16.6 Å². The minimum absolute atomic E-state index is 0.0899. The maximum atomic E-state index is 12.3. The number of nitrogens with zero attached hydrogens (tertiary/aromatic N) is 1. The standard InChI is InChI=1S/C16H15N3OS/c1-10(13-4-2-3-7-18-13)19-16(20)15-9-11-8-12(17)5-6-14(11)21-15/h2-10H,17H2,1H3,(H,19,20). The van der Waals surface area contributed by atoms with Crippen LogP contribution >= 0.6 is 11.3 Å². The van der Waals surface area contributed by atoms with Crippen LogP contribution in [0.4, 0.5) is 5.69 Å². The van der Waals surface area contributed by atoms with Gasteiger partial charge in [-0.25, -0.2) is 0 Å². The molecule has 2 aromatic heterocycles. The number of fused-ring (bicyclic) bond motifs is 1. The summed E-state index contributed by atoms with van der Waals surface area (Å²) in [4.78, 5) is 17.3. The normalized spacial score (nSPS) is 12.2. The van der Waals surface area contributed by atoms with E-state index in [2.05, 4.69) is 10.3 Å². The van der Waals surface area contributed by atoms with E-state index in [9.17, 15) is 4.79 Å². The monoisotopic (exact) mass is 297 g/mol. The zero-order valence-electron chi connectivity index (χ0n) is 11.5. The van der Waals surface area contributed by atoms with Gasteiger partial charge in [0.25, 0.3) is 5.91 Å². The van der Waals surface area contributed by atoms with Gasteiger partial charge in [-0.3, -0.25) is 9.78 Å². The molecule has 0 aliphatic carbocycles. The van der Waals surface area contributed by atoms with Crippen molar-refractivity contribution in [3.05, 3.63) is 59.2 Å². The zero-order valence-corrected chi connectivity index (χ0v) is 12.4. The summed E-state index contributed by atoms with van der Waals surface area (Å²) in [6.07, 6.45) is 1.72. The van der Waals surface area contributed by atoms with Crippen molar-refractivity contribution in [2.45, 2.75) is 13.0 Å². The fourth-order valence-corrected chi connectivity index (χ4v) is 3.09. The molecule has 2 heterocycles. The van der Waals surface area contributed by atoms with Crippen molar-refractivity contribution in [3.63, 3.8) is 0 Å². The second-order valence-corrected chi connectivity index (χ2v) is 5.94. The molecule has 1 aromatic carbocycles. The fourth-order valence-electron chi connectivity index (χ4n) is 2.15. The van der Waals surface area contributed by atoms with Crippen LogP contribution in [0.15, 0.2) is 48.7 Å². The van der Waals surface area contributed by atoms with Crippen molar-refractivity contribution in [1.82, 2.24) is 10.3 Å². The van der Waals surface area contributed by atoms with Crippen LogP contribution in [-0.2, 0) is 0 Å². The van der Waals surface area contributed by atoms with Crippen LogP contribution in [0, 0.1) is 0 Å². The SMILES string of the molecule is CC(NC(=O)c1cc2cc(N)ccc2s1)c1ccccn1. The Morgan fingerprint density at radius 2 is 2.14 bits per heavy atom. The molecule has 106 valence electrons. The lowest BCUT2D eigenvalue weighted by atomic mass is 10.2. The predicted molar refractivity (Wildman–Crippen MR) is 86.4 cm³/mol. The number of rotatable bonds is 3. The third-order valence-electron chi connectivity index (χ3n) is 3.24. The maximum absolute atomic E-state index is 12.3. The summed E-state index contributed by atoms with van der Waals surface area (Å²) in [6.45, 7) is 1.92. The van der Waals surface area contributed by atoms with Crippen LogP contribution in [-0.4, -0.2) is 10.9 Å². The van der Waals surface area contributed by atoms with E-state index >= 15 is 0 Å². The van der Waals surface area contributed by atoms with Gasteiger partial charge in [-0.15, -0.1) is 11.3 Å². The van der Waals surface area contributed by atoms with Gasteiger partial charge in [-0.1, -0.05) is 6.07 Å².